The number of hydrogen-bond donors (Lipinski definition) is 4. The number of aromatic amines is 3. The Kier molecular flexibility index (Phi) is 5.38. The number of rotatable bonds is 7. The molecule has 11 heteroatoms. The van der Waals surface area contributed by atoms with E-state index in [9.17, 15) is 4.39 Å². The number of hydrogen-bond acceptors (Lipinski definition) is 7. The number of aromatic nitrogens is 8. The molecule has 6 rings (SSSR count). The van der Waals surface area contributed by atoms with E-state index in [4.69, 9.17) is 4.98 Å². The van der Waals surface area contributed by atoms with Crippen LogP contribution in [0.25, 0.3) is 56.0 Å². The lowest BCUT2D eigenvalue weighted by Crippen LogP contribution is -2.20. The third kappa shape index (κ3) is 4.05. The lowest BCUT2D eigenvalue weighted by atomic mass is 10.1. The van der Waals surface area contributed by atoms with Crippen molar-refractivity contribution in [1.29, 1.82) is 0 Å². The van der Waals surface area contributed by atoms with E-state index in [1.807, 2.05) is 38.5 Å². The summed E-state index contributed by atoms with van der Waals surface area (Å²) in [6.45, 7) is 1.53. The SMILES string of the molecule is CN(C)CCNc1cc(F)cc(-c2nccc3[nH]c(-c4n[nH]c5ncc(-c6cn[nH]c6)cc45)nc23)c1. The fourth-order valence-electron chi connectivity index (χ4n) is 4.16. The molecule has 180 valence electrons. The summed E-state index contributed by atoms with van der Waals surface area (Å²) in [6, 6.07) is 8.68. The number of imidazole rings is 1. The van der Waals surface area contributed by atoms with Gasteiger partial charge in [0.2, 0.25) is 0 Å². The van der Waals surface area contributed by atoms with E-state index >= 15 is 0 Å². The minimum absolute atomic E-state index is 0.342. The Labute approximate surface area is 205 Å². The van der Waals surface area contributed by atoms with Crippen LogP contribution in [0.4, 0.5) is 10.1 Å². The summed E-state index contributed by atoms with van der Waals surface area (Å²) in [5, 5.41) is 18.4. The van der Waals surface area contributed by atoms with Crippen LogP contribution in [0.2, 0.25) is 0 Å². The molecule has 5 heterocycles. The van der Waals surface area contributed by atoms with Gasteiger partial charge < -0.3 is 15.2 Å². The lowest BCUT2D eigenvalue weighted by molar-refractivity contribution is 0.425. The molecule has 1 aromatic carbocycles. The summed E-state index contributed by atoms with van der Waals surface area (Å²) in [4.78, 5) is 19.2. The Morgan fingerprint density at radius 3 is 2.75 bits per heavy atom. The smallest absolute Gasteiger partial charge is 0.159 e. The monoisotopic (exact) mass is 482 g/mol. The van der Waals surface area contributed by atoms with Gasteiger partial charge in [0, 0.05) is 54.1 Å². The van der Waals surface area contributed by atoms with E-state index in [0.717, 1.165) is 28.6 Å². The number of nitrogens with zero attached hydrogens (tertiary/aromatic N) is 6. The van der Waals surface area contributed by atoms with E-state index in [1.165, 1.54) is 12.1 Å². The van der Waals surface area contributed by atoms with Gasteiger partial charge in [0.1, 0.15) is 17.0 Å². The van der Waals surface area contributed by atoms with Gasteiger partial charge in [0.15, 0.2) is 11.5 Å². The van der Waals surface area contributed by atoms with Crippen molar-refractivity contribution in [3.63, 3.8) is 0 Å². The van der Waals surface area contributed by atoms with E-state index in [0.29, 0.717) is 46.2 Å². The molecule has 5 aromatic heterocycles. The predicted molar refractivity (Wildman–Crippen MR) is 137 cm³/mol. The number of pyridine rings is 2. The minimum Gasteiger partial charge on any atom is -0.384 e. The average Bonchev–Trinajstić information content (AvgIpc) is 3.62. The summed E-state index contributed by atoms with van der Waals surface area (Å²) >= 11 is 0. The van der Waals surface area contributed by atoms with Crippen molar-refractivity contribution in [3.05, 3.63) is 60.9 Å². The standard InChI is InChI=1S/C25H23FN10/c1-36(2)6-5-27-18-8-14(7-17(26)10-18)21-23-20(3-4-28-21)32-25(33-23)22-19-9-15(16-12-30-31-13-16)11-29-24(19)35-34-22/h3-4,7-13,27H,5-6H2,1-2H3,(H,30,31)(H,32,33)(H,29,34,35). The van der Waals surface area contributed by atoms with Crippen LogP contribution in [0, 0.1) is 5.82 Å². The number of H-pyrrole nitrogens is 3. The highest BCUT2D eigenvalue weighted by Crippen LogP contribution is 2.32. The second-order valence-electron chi connectivity index (χ2n) is 8.78. The number of fused-ring (bicyclic) bond motifs is 2. The maximum absolute atomic E-state index is 14.5. The number of halogens is 1. The summed E-state index contributed by atoms with van der Waals surface area (Å²) in [6.07, 6.45) is 7.00. The Morgan fingerprint density at radius 2 is 1.92 bits per heavy atom. The number of anilines is 1. The van der Waals surface area contributed by atoms with Gasteiger partial charge >= 0.3 is 0 Å². The van der Waals surface area contributed by atoms with Gasteiger partial charge in [-0.05, 0) is 44.4 Å². The first-order chi connectivity index (χ1) is 17.5. The van der Waals surface area contributed by atoms with Gasteiger partial charge in [-0.1, -0.05) is 0 Å². The quantitative estimate of drug-likeness (QED) is 0.270. The van der Waals surface area contributed by atoms with E-state index in [2.05, 4.69) is 45.6 Å². The second kappa shape index (κ2) is 8.86. The molecule has 0 fully saturated rings. The van der Waals surface area contributed by atoms with Crippen molar-refractivity contribution in [2.24, 2.45) is 0 Å². The Balaban J connectivity index is 1.41. The first-order valence-corrected chi connectivity index (χ1v) is 11.4. The maximum atomic E-state index is 14.5. The number of likely N-dealkylation sites (N-methyl/N-ethyl adjacent to an activating group) is 1. The Bertz CT molecular complexity index is 1670. The van der Waals surface area contributed by atoms with Gasteiger partial charge in [0.05, 0.1) is 22.8 Å². The molecule has 0 unspecified atom stereocenters. The lowest BCUT2D eigenvalue weighted by Gasteiger charge is -2.12. The van der Waals surface area contributed by atoms with Crippen LogP contribution >= 0.6 is 0 Å². The highest BCUT2D eigenvalue weighted by atomic mass is 19.1. The summed E-state index contributed by atoms with van der Waals surface area (Å²) < 4.78 is 14.5. The topological polar surface area (TPSA) is 127 Å². The van der Waals surface area contributed by atoms with Crippen LogP contribution in [-0.2, 0) is 0 Å². The zero-order valence-electron chi connectivity index (χ0n) is 19.7. The van der Waals surface area contributed by atoms with Gasteiger partial charge in [0.25, 0.3) is 0 Å². The molecular weight excluding hydrogens is 459 g/mol. The molecule has 0 bridgehead atoms. The van der Waals surface area contributed by atoms with Crippen molar-refractivity contribution in [2.75, 3.05) is 32.5 Å². The first kappa shape index (κ1) is 21.9. The van der Waals surface area contributed by atoms with Crippen molar-refractivity contribution >= 4 is 27.8 Å². The zero-order chi connectivity index (χ0) is 24.6. The number of benzene rings is 1. The van der Waals surface area contributed by atoms with Crippen LogP contribution in [0.5, 0.6) is 0 Å². The maximum Gasteiger partial charge on any atom is 0.159 e. The molecule has 0 radical (unpaired) electrons. The molecule has 0 spiro atoms. The minimum atomic E-state index is -0.342. The van der Waals surface area contributed by atoms with Crippen molar-refractivity contribution in [1.82, 2.24) is 45.2 Å². The first-order valence-electron chi connectivity index (χ1n) is 11.4. The Morgan fingerprint density at radius 1 is 1.00 bits per heavy atom. The molecule has 0 amide bonds. The van der Waals surface area contributed by atoms with E-state index < -0.39 is 0 Å². The largest absolute Gasteiger partial charge is 0.384 e. The Hall–Kier alpha value is -4.64. The van der Waals surface area contributed by atoms with Crippen molar-refractivity contribution in [3.8, 4) is 33.9 Å². The summed E-state index contributed by atoms with van der Waals surface area (Å²) in [5.41, 5.74) is 6.44. The van der Waals surface area contributed by atoms with Crippen LogP contribution in [-0.4, -0.2) is 72.4 Å². The van der Waals surface area contributed by atoms with Crippen LogP contribution < -0.4 is 5.32 Å². The number of nitrogens with one attached hydrogen (secondary N) is 4. The summed E-state index contributed by atoms with van der Waals surface area (Å²) in [7, 11) is 3.99. The third-order valence-corrected chi connectivity index (χ3v) is 5.93. The average molecular weight is 483 g/mol. The predicted octanol–water partition coefficient (Wildman–Crippen LogP) is 4.07. The van der Waals surface area contributed by atoms with Crippen molar-refractivity contribution < 1.29 is 4.39 Å². The summed E-state index contributed by atoms with van der Waals surface area (Å²) in [5.74, 6) is 0.225. The fourth-order valence-corrected chi connectivity index (χ4v) is 4.16. The second-order valence-corrected chi connectivity index (χ2v) is 8.78. The van der Waals surface area contributed by atoms with Crippen LogP contribution in [0.3, 0.4) is 0 Å². The molecule has 0 aliphatic carbocycles. The molecule has 10 nitrogen and oxygen atoms in total. The third-order valence-electron chi connectivity index (χ3n) is 5.93. The molecule has 6 aromatic rings. The van der Waals surface area contributed by atoms with Crippen LogP contribution in [0.15, 0.2) is 55.1 Å². The molecule has 0 saturated heterocycles. The molecule has 4 N–H and O–H groups in total. The fraction of sp³-hybridized carbons (Fsp3) is 0.160. The zero-order valence-corrected chi connectivity index (χ0v) is 19.7. The molecule has 0 aliphatic heterocycles. The highest BCUT2D eigenvalue weighted by molar-refractivity contribution is 5.96. The highest BCUT2D eigenvalue weighted by Gasteiger charge is 2.17. The molecule has 0 aliphatic rings. The molecular formula is C25H23FN10. The van der Waals surface area contributed by atoms with Gasteiger partial charge in [-0.3, -0.25) is 15.2 Å². The molecule has 0 saturated carbocycles. The van der Waals surface area contributed by atoms with Gasteiger partial charge in [-0.2, -0.15) is 10.2 Å². The van der Waals surface area contributed by atoms with Crippen LogP contribution in [0.1, 0.15) is 0 Å². The van der Waals surface area contributed by atoms with Gasteiger partial charge in [-0.15, -0.1) is 0 Å². The molecule has 36 heavy (non-hydrogen) atoms. The van der Waals surface area contributed by atoms with Crippen molar-refractivity contribution in [2.45, 2.75) is 0 Å². The van der Waals surface area contributed by atoms with E-state index in [1.54, 1.807) is 18.6 Å². The van der Waals surface area contributed by atoms with E-state index in [-0.39, 0.29) is 5.82 Å². The van der Waals surface area contributed by atoms with Gasteiger partial charge in [-0.25, -0.2) is 14.4 Å². The molecule has 0 atom stereocenters. The normalized spacial score (nSPS) is 11.7.